The minimum atomic E-state index is -0.409. The lowest BCUT2D eigenvalue weighted by atomic mass is 10.2. The Labute approximate surface area is 118 Å². The molecule has 2 amide bonds. The first kappa shape index (κ1) is 16.0. The number of hydrogen-bond acceptors (Lipinski definition) is 4. The largest absolute Gasteiger partial charge is 0.462 e. The van der Waals surface area contributed by atoms with Crippen LogP contribution in [0.1, 0.15) is 30.6 Å². The zero-order chi connectivity index (χ0) is 15.0. The summed E-state index contributed by atoms with van der Waals surface area (Å²) >= 11 is 0. The van der Waals surface area contributed by atoms with Crippen LogP contribution in [0.25, 0.3) is 0 Å². The number of nitrogens with one attached hydrogen (secondary N) is 2. The van der Waals surface area contributed by atoms with E-state index in [0.717, 1.165) is 6.42 Å². The van der Waals surface area contributed by atoms with Gasteiger partial charge < -0.3 is 20.5 Å². The molecule has 0 aliphatic rings. The van der Waals surface area contributed by atoms with Gasteiger partial charge in [-0.25, -0.2) is 9.59 Å². The zero-order valence-electron chi connectivity index (χ0n) is 11.7. The van der Waals surface area contributed by atoms with Crippen LogP contribution in [-0.4, -0.2) is 36.4 Å². The maximum Gasteiger partial charge on any atom is 0.338 e. The van der Waals surface area contributed by atoms with E-state index in [1.54, 1.807) is 31.2 Å². The molecule has 0 aliphatic carbocycles. The van der Waals surface area contributed by atoms with Crippen LogP contribution in [-0.2, 0) is 4.74 Å². The molecular formula is C14H20N2O4. The lowest BCUT2D eigenvalue weighted by Crippen LogP contribution is -2.38. The Balaban J connectivity index is 2.54. The Morgan fingerprint density at radius 2 is 1.95 bits per heavy atom. The van der Waals surface area contributed by atoms with Gasteiger partial charge in [0.15, 0.2) is 0 Å². The zero-order valence-corrected chi connectivity index (χ0v) is 11.7. The van der Waals surface area contributed by atoms with Crippen molar-refractivity contribution in [2.45, 2.75) is 26.3 Å². The third kappa shape index (κ3) is 5.27. The second-order valence-electron chi connectivity index (χ2n) is 4.40. The first-order valence-corrected chi connectivity index (χ1v) is 6.52. The summed E-state index contributed by atoms with van der Waals surface area (Å²) in [6.45, 7) is 3.87. The lowest BCUT2D eigenvalue weighted by Gasteiger charge is -2.12. The van der Waals surface area contributed by atoms with Gasteiger partial charge in [-0.1, -0.05) is 6.92 Å². The highest BCUT2D eigenvalue weighted by Crippen LogP contribution is 2.10. The minimum Gasteiger partial charge on any atom is -0.462 e. The number of amides is 2. The Morgan fingerprint density at radius 1 is 1.30 bits per heavy atom. The predicted octanol–water partition coefficient (Wildman–Crippen LogP) is 1.76. The molecule has 0 aromatic heterocycles. The molecule has 1 aromatic carbocycles. The highest BCUT2D eigenvalue weighted by atomic mass is 16.5. The van der Waals surface area contributed by atoms with E-state index in [2.05, 4.69) is 10.6 Å². The quantitative estimate of drug-likeness (QED) is 0.693. The molecule has 0 spiro atoms. The number of anilines is 1. The van der Waals surface area contributed by atoms with Crippen molar-refractivity contribution < 1.29 is 19.4 Å². The summed E-state index contributed by atoms with van der Waals surface area (Å²) in [5.74, 6) is -0.378. The first-order valence-electron chi connectivity index (χ1n) is 6.52. The SMILES string of the molecule is CCCOC(=O)c1ccc(NC(=O)NC(C)CO)cc1. The first-order chi connectivity index (χ1) is 9.56. The van der Waals surface area contributed by atoms with Crippen molar-refractivity contribution in [1.82, 2.24) is 5.32 Å². The molecule has 3 N–H and O–H groups in total. The molecule has 1 rings (SSSR count). The van der Waals surface area contributed by atoms with Crippen LogP contribution >= 0.6 is 0 Å². The van der Waals surface area contributed by atoms with Gasteiger partial charge in [0.2, 0.25) is 0 Å². The van der Waals surface area contributed by atoms with E-state index < -0.39 is 6.03 Å². The number of esters is 1. The summed E-state index contributed by atoms with van der Waals surface area (Å²) in [7, 11) is 0. The van der Waals surface area contributed by atoms with E-state index in [0.29, 0.717) is 17.9 Å². The van der Waals surface area contributed by atoms with Crippen molar-refractivity contribution in [3.05, 3.63) is 29.8 Å². The molecule has 0 fully saturated rings. The molecule has 110 valence electrons. The molecule has 1 atom stereocenters. The monoisotopic (exact) mass is 280 g/mol. The molecule has 6 heteroatoms. The third-order valence-corrected chi connectivity index (χ3v) is 2.47. The number of carbonyl (C=O) groups excluding carboxylic acids is 2. The van der Waals surface area contributed by atoms with Gasteiger partial charge in [0.25, 0.3) is 0 Å². The van der Waals surface area contributed by atoms with Crippen molar-refractivity contribution >= 4 is 17.7 Å². The van der Waals surface area contributed by atoms with E-state index in [1.807, 2.05) is 6.92 Å². The molecule has 1 unspecified atom stereocenters. The van der Waals surface area contributed by atoms with Gasteiger partial charge in [0.1, 0.15) is 0 Å². The maximum atomic E-state index is 11.6. The van der Waals surface area contributed by atoms with Crippen LogP contribution < -0.4 is 10.6 Å². The lowest BCUT2D eigenvalue weighted by molar-refractivity contribution is 0.0505. The van der Waals surface area contributed by atoms with Crippen molar-refractivity contribution in [2.24, 2.45) is 0 Å². The average molecular weight is 280 g/mol. The van der Waals surface area contributed by atoms with Gasteiger partial charge in [-0.15, -0.1) is 0 Å². The molecule has 1 aromatic rings. The van der Waals surface area contributed by atoms with E-state index in [4.69, 9.17) is 9.84 Å². The Morgan fingerprint density at radius 3 is 2.50 bits per heavy atom. The van der Waals surface area contributed by atoms with Gasteiger partial charge in [0, 0.05) is 5.69 Å². The van der Waals surface area contributed by atoms with Gasteiger partial charge >= 0.3 is 12.0 Å². The molecule has 0 saturated heterocycles. The van der Waals surface area contributed by atoms with Crippen LogP contribution in [0.15, 0.2) is 24.3 Å². The van der Waals surface area contributed by atoms with Crippen LogP contribution in [0.4, 0.5) is 10.5 Å². The molecule has 0 radical (unpaired) electrons. The van der Waals surface area contributed by atoms with Crippen molar-refractivity contribution in [2.75, 3.05) is 18.5 Å². The minimum absolute atomic E-state index is 0.129. The van der Waals surface area contributed by atoms with Crippen LogP contribution in [0, 0.1) is 0 Å². The van der Waals surface area contributed by atoms with Crippen LogP contribution in [0.5, 0.6) is 0 Å². The van der Waals surface area contributed by atoms with E-state index >= 15 is 0 Å². The highest BCUT2D eigenvalue weighted by molar-refractivity contribution is 5.92. The number of hydrogen-bond donors (Lipinski definition) is 3. The predicted molar refractivity (Wildman–Crippen MR) is 75.7 cm³/mol. The summed E-state index contributed by atoms with van der Waals surface area (Å²) in [4.78, 5) is 23.1. The normalized spacial score (nSPS) is 11.6. The summed E-state index contributed by atoms with van der Waals surface area (Å²) in [5, 5.41) is 14.0. The van der Waals surface area contributed by atoms with E-state index in [-0.39, 0.29) is 18.6 Å². The van der Waals surface area contributed by atoms with Crippen molar-refractivity contribution in [1.29, 1.82) is 0 Å². The summed E-state index contributed by atoms with van der Waals surface area (Å²) < 4.78 is 5.00. The fourth-order valence-electron chi connectivity index (χ4n) is 1.40. The smallest absolute Gasteiger partial charge is 0.338 e. The van der Waals surface area contributed by atoms with E-state index in [9.17, 15) is 9.59 Å². The van der Waals surface area contributed by atoms with Crippen LogP contribution in [0.2, 0.25) is 0 Å². The topological polar surface area (TPSA) is 87.7 Å². The third-order valence-electron chi connectivity index (χ3n) is 2.47. The van der Waals surface area contributed by atoms with E-state index in [1.165, 1.54) is 0 Å². The molecular weight excluding hydrogens is 260 g/mol. The fraction of sp³-hybridized carbons (Fsp3) is 0.429. The number of urea groups is 1. The molecule has 0 saturated carbocycles. The number of rotatable bonds is 6. The van der Waals surface area contributed by atoms with Crippen LogP contribution in [0.3, 0.4) is 0 Å². The Bertz CT molecular complexity index is 445. The molecule has 0 heterocycles. The Kier molecular flexibility index (Phi) is 6.52. The molecule has 20 heavy (non-hydrogen) atoms. The van der Waals surface area contributed by atoms with Gasteiger partial charge in [0.05, 0.1) is 24.8 Å². The summed E-state index contributed by atoms with van der Waals surface area (Å²) in [6.07, 6.45) is 0.772. The van der Waals surface area contributed by atoms with Gasteiger partial charge in [-0.3, -0.25) is 0 Å². The standard InChI is InChI=1S/C14H20N2O4/c1-3-8-20-13(18)11-4-6-12(7-5-11)16-14(19)15-10(2)9-17/h4-7,10,17H,3,8-9H2,1-2H3,(H2,15,16,19). The maximum absolute atomic E-state index is 11.6. The highest BCUT2D eigenvalue weighted by Gasteiger charge is 2.08. The molecule has 0 aliphatic heterocycles. The van der Waals surface area contributed by atoms with Gasteiger partial charge in [-0.05, 0) is 37.6 Å². The second kappa shape index (κ2) is 8.16. The van der Waals surface area contributed by atoms with Crippen molar-refractivity contribution in [3.8, 4) is 0 Å². The number of benzene rings is 1. The molecule has 6 nitrogen and oxygen atoms in total. The second-order valence-corrected chi connectivity index (χ2v) is 4.40. The number of aliphatic hydroxyl groups excluding tert-OH is 1. The Hall–Kier alpha value is -2.08. The summed E-state index contributed by atoms with van der Waals surface area (Å²) in [5.41, 5.74) is 0.993. The summed E-state index contributed by atoms with van der Waals surface area (Å²) in [6, 6.07) is 5.68. The fourth-order valence-corrected chi connectivity index (χ4v) is 1.40. The van der Waals surface area contributed by atoms with Gasteiger partial charge in [-0.2, -0.15) is 0 Å². The molecule has 0 bridgehead atoms. The average Bonchev–Trinajstić information content (AvgIpc) is 2.45. The number of carbonyl (C=O) groups is 2. The van der Waals surface area contributed by atoms with Crippen molar-refractivity contribution in [3.63, 3.8) is 0 Å². The number of ether oxygens (including phenoxy) is 1. The number of aliphatic hydroxyl groups is 1.